The van der Waals surface area contributed by atoms with Crippen LogP contribution in [0, 0.1) is 0 Å². The monoisotopic (exact) mass is 402 g/mol. The van der Waals surface area contributed by atoms with Gasteiger partial charge in [0.15, 0.2) is 0 Å². The second-order valence-electron chi connectivity index (χ2n) is 8.21. The number of carbonyl (C=O) groups excluding carboxylic acids is 2. The SMILES string of the molecule is NC(=O)c1ccc(-c2c3n(c4ccccc24)C(=O)CCC3)cc1NC1CCNCC1. The van der Waals surface area contributed by atoms with Gasteiger partial charge in [0.1, 0.15) is 0 Å². The highest BCUT2D eigenvalue weighted by molar-refractivity contribution is 6.06. The van der Waals surface area contributed by atoms with E-state index in [0.29, 0.717) is 18.0 Å². The summed E-state index contributed by atoms with van der Waals surface area (Å²) in [5, 5.41) is 7.99. The summed E-state index contributed by atoms with van der Waals surface area (Å²) in [6.45, 7) is 1.92. The predicted octanol–water partition coefficient (Wildman–Crippen LogP) is 3.55. The van der Waals surface area contributed by atoms with Gasteiger partial charge in [0.25, 0.3) is 5.91 Å². The summed E-state index contributed by atoms with van der Waals surface area (Å²) in [5.74, 6) is -0.280. The molecule has 6 nitrogen and oxygen atoms in total. The molecule has 1 saturated heterocycles. The Labute approximate surface area is 175 Å². The van der Waals surface area contributed by atoms with Gasteiger partial charge in [-0.3, -0.25) is 14.2 Å². The van der Waals surface area contributed by atoms with Crippen molar-refractivity contribution in [2.45, 2.75) is 38.1 Å². The minimum Gasteiger partial charge on any atom is -0.382 e. The van der Waals surface area contributed by atoms with Crippen LogP contribution in [0.1, 0.15) is 46.5 Å². The van der Waals surface area contributed by atoms with E-state index in [4.69, 9.17) is 5.73 Å². The van der Waals surface area contributed by atoms with Crippen molar-refractivity contribution in [1.29, 1.82) is 0 Å². The van der Waals surface area contributed by atoms with Crippen LogP contribution >= 0.6 is 0 Å². The number of amides is 1. The summed E-state index contributed by atoms with van der Waals surface area (Å²) in [5.41, 5.74) is 11.1. The van der Waals surface area contributed by atoms with Gasteiger partial charge < -0.3 is 16.4 Å². The first kappa shape index (κ1) is 18.9. The second-order valence-corrected chi connectivity index (χ2v) is 8.21. The van der Waals surface area contributed by atoms with Crippen molar-refractivity contribution in [2.24, 2.45) is 5.73 Å². The van der Waals surface area contributed by atoms with Crippen LogP contribution in [0.3, 0.4) is 0 Å². The number of carbonyl (C=O) groups is 2. The average molecular weight is 402 g/mol. The lowest BCUT2D eigenvalue weighted by molar-refractivity contribution is 0.0889. The van der Waals surface area contributed by atoms with Gasteiger partial charge in [-0.15, -0.1) is 0 Å². The summed E-state index contributed by atoms with van der Waals surface area (Å²) in [6.07, 6.45) is 4.31. The van der Waals surface area contributed by atoms with Gasteiger partial charge >= 0.3 is 0 Å². The number of nitrogens with two attached hydrogens (primary N) is 1. The van der Waals surface area contributed by atoms with E-state index < -0.39 is 5.91 Å². The Hall–Kier alpha value is -3.12. The molecule has 3 heterocycles. The van der Waals surface area contributed by atoms with Crippen LogP contribution in [0.4, 0.5) is 5.69 Å². The number of nitrogens with zero attached hydrogens (tertiary/aromatic N) is 1. The summed E-state index contributed by atoms with van der Waals surface area (Å²) in [7, 11) is 0. The molecule has 2 aromatic carbocycles. The van der Waals surface area contributed by atoms with E-state index in [1.807, 2.05) is 41.0 Å². The molecular formula is C24H26N4O2. The highest BCUT2D eigenvalue weighted by Crippen LogP contribution is 2.39. The lowest BCUT2D eigenvalue weighted by Gasteiger charge is -2.26. The zero-order chi connectivity index (χ0) is 20.7. The molecule has 30 heavy (non-hydrogen) atoms. The van der Waals surface area contributed by atoms with Crippen molar-refractivity contribution in [3.05, 3.63) is 53.7 Å². The quantitative estimate of drug-likeness (QED) is 0.623. The van der Waals surface area contributed by atoms with Crippen molar-refractivity contribution in [1.82, 2.24) is 9.88 Å². The van der Waals surface area contributed by atoms with Crippen LogP contribution in [0.5, 0.6) is 0 Å². The fourth-order valence-corrected chi connectivity index (χ4v) is 4.88. The van der Waals surface area contributed by atoms with Gasteiger partial charge in [-0.25, -0.2) is 0 Å². The molecule has 1 fully saturated rings. The number of rotatable bonds is 4. The molecule has 154 valence electrons. The first-order chi connectivity index (χ1) is 14.6. The standard InChI is InChI=1S/C24H26N4O2/c25-24(30)17-9-8-15(14-19(17)27-16-10-12-26-13-11-16)23-18-4-1-2-5-20(18)28-21(23)6-3-7-22(28)29/h1-2,4-5,8-9,14,16,26-27H,3,6-7,10-13H2,(H2,25,30). The van der Waals surface area contributed by atoms with Crippen LogP contribution in [-0.4, -0.2) is 35.5 Å². The number of anilines is 1. The van der Waals surface area contributed by atoms with Crippen LogP contribution in [-0.2, 0) is 6.42 Å². The molecule has 5 rings (SSSR count). The number of primary amides is 1. The van der Waals surface area contributed by atoms with Gasteiger partial charge in [-0.2, -0.15) is 0 Å². The van der Waals surface area contributed by atoms with Gasteiger partial charge in [0.2, 0.25) is 5.91 Å². The zero-order valence-electron chi connectivity index (χ0n) is 16.9. The Bertz CT molecular complexity index is 1140. The maximum Gasteiger partial charge on any atom is 0.250 e. The Morgan fingerprint density at radius 3 is 2.70 bits per heavy atom. The lowest BCUT2D eigenvalue weighted by Crippen LogP contribution is -2.35. The molecule has 0 bridgehead atoms. The number of para-hydroxylation sites is 1. The molecule has 0 atom stereocenters. The van der Waals surface area contributed by atoms with Gasteiger partial charge in [0.05, 0.1) is 11.1 Å². The molecule has 3 aromatic rings. The number of hydrogen-bond donors (Lipinski definition) is 3. The predicted molar refractivity (Wildman–Crippen MR) is 119 cm³/mol. The third-order valence-electron chi connectivity index (χ3n) is 6.30. The van der Waals surface area contributed by atoms with Crippen molar-refractivity contribution < 1.29 is 9.59 Å². The van der Waals surface area contributed by atoms with Gasteiger partial charge in [-0.05, 0) is 62.5 Å². The number of nitrogens with one attached hydrogen (secondary N) is 2. The number of aromatic nitrogens is 1. The van der Waals surface area contributed by atoms with E-state index in [2.05, 4.69) is 16.7 Å². The van der Waals surface area contributed by atoms with Crippen LogP contribution in [0.25, 0.3) is 22.0 Å². The third-order valence-corrected chi connectivity index (χ3v) is 6.30. The largest absolute Gasteiger partial charge is 0.382 e. The lowest BCUT2D eigenvalue weighted by atomic mass is 9.96. The number of hydrogen-bond acceptors (Lipinski definition) is 4. The van der Waals surface area contributed by atoms with Crippen molar-refractivity contribution in [3.8, 4) is 11.1 Å². The molecule has 1 amide bonds. The number of benzene rings is 2. The maximum absolute atomic E-state index is 12.7. The van der Waals surface area contributed by atoms with E-state index in [9.17, 15) is 9.59 Å². The first-order valence-corrected chi connectivity index (χ1v) is 10.7. The Kier molecular flexibility index (Phi) is 4.79. The second kappa shape index (κ2) is 7.61. The molecule has 0 aliphatic carbocycles. The fraction of sp³-hybridized carbons (Fsp3) is 0.333. The molecular weight excluding hydrogens is 376 g/mol. The maximum atomic E-state index is 12.7. The molecule has 0 unspecified atom stereocenters. The smallest absolute Gasteiger partial charge is 0.250 e. The third kappa shape index (κ3) is 3.17. The highest BCUT2D eigenvalue weighted by Gasteiger charge is 2.26. The highest BCUT2D eigenvalue weighted by atomic mass is 16.2. The average Bonchev–Trinajstić information content (AvgIpc) is 3.10. The molecule has 2 aliphatic heterocycles. The van der Waals surface area contributed by atoms with E-state index >= 15 is 0 Å². The molecule has 0 saturated carbocycles. The molecule has 1 aromatic heterocycles. The topological polar surface area (TPSA) is 89.2 Å². The van der Waals surface area contributed by atoms with Crippen LogP contribution in [0.2, 0.25) is 0 Å². The van der Waals surface area contributed by atoms with Crippen molar-refractivity contribution in [2.75, 3.05) is 18.4 Å². The first-order valence-electron chi connectivity index (χ1n) is 10.7. The van der Waals surface area contributed by atoms with Crippen LogP contribution in [0.15, 0.2) is 42.5 Å². The zero-order valence-corrected chi connectivity index (χ0v) is 16.9. The number of fused-ring (bicyclic) bond motifs is 3. The molecule has 0 spiro atoms. The Morgan fingerprint density at radius 1 is 1.10 bits per heavy atom. The Balaban J connectivity index is 1.66. The van der Waals surface area contributed by atoms with Crippen molar-refractivity contribution >= 4 is 28.4 Å². The molecule has 4 N–H and O–H groups in total. The fourth-order valence-electron chi connectivity index (χ4n) is 4.88. The van der Waals surface area contributed by atoms with E-state index in [1.54, 1.807) is 0 Å². The summed E-state index contributed by atoms with van der Waals surface area (Å²) < 4.78 is 1.88. The molecule has 6 heteroatoms. The van der Waals surface area contributed by atoms with Crippen molar-refractivity contribution in [3.63, 3.8) is 0 Å². The summed E-state index contributed by atoms with van der Waals surface area (Å²) >= 11 is 0. The number of piperidine rings is 1. The normalized spacial score (nSPS) is 17.1. The molecule has 2 aliphatic rings. The Morgan fingerprint density at radius 2 is 1.90 bits per heavy atom. The van der Waals surface area contributed by atoms with E-state index in [0.717, 1.165) is 72.2 Å². The van der Waals surface area contributed by atoms with Crippen LogP contribution < -0.4 is 16.4 Å². The minimum atomic E-state index is -0.433. The van der Waals surface area contributed by atoms with Gasteiger partial charge in [0, 0.05) is 34.8 Å². The van der Waals surface area contributed by atoms with E-state index in [1.165, 1.54) is 0 Å². The minimum absolute atomic E-state index is 0.153. The summed E-state index contributed by atoms with van der Waals surface area (Å²) in [4.78, 5) is 24.8. The van der Waals surface area contributed by atoms with E-state index in [-0.39, 0.29) is 5.91 Å². The molecule has 0 radical (unpaired) electrons. The van der Waals surface area contributed by atoms with Gasteiger partial charge in [-0.1, -0.05) is 24.3 Å². The summed E-state index contributed by atoms with van der Waals surface area (Å²) in [6, 6.07) is 14.2.